The molecule has 5 N–H and O–H groups in total. The second-order valence-corrected chi connectivity index (χ2v) is 4.22. The molecule has 0 radical (unpaired) electrons. The van der Waals surface area contributed by atoms with E-state index in [0.717, 1.165) is 0 Å². The quantitative estimate of drug-likeness (QED) is 0.397. The fraction of sp³-hybridized carbons (Fsp3) is 0.583. The third-order valence-electron chi connectivity index (χ3n) is 2.80. The average Bonchev–Trinajstić information content (AvgIpc) is 2.45. The van der Waals surface area contributed by atoms with Gasteiger partial charge in [0, 0.05) is 19.5 Å². The molecule has 0 saturated carbocycles. The van der Waals surface area contributed by atoms with Gasteiger partial charge in [-0.25, -0.2) is 0 Å². The highest BCUT2D eigenvalue weighted by Crippen LogP contribution is 2.20. The van der Waals surface area contributed by atoms with Crippen molar-refractivity contribution in [3.63, 3.8) is 0 Å². The summed E-state index contributed by atoms with van der Waals surface area (Å²) < 4.78 is 4.63. The Morgan fingerprint density at radius 3 is 2.11 bits per heavy atom. The zero-order valence-electron chi connectivity index (χ0n) is 10.5. The van der Waals surface area contributed by atoms with Crippen LogP contribution in [0.1, 0.15) is 11.7 Å². The van der Waals surface area contributed by atoms with Crippen LogP contribution in [0, 0.1) is 0 Å². The molecule has 0 amide bonds. The number of nitrogens with zero attached hydrogens (tertiary/aromatic N) is 1. The van der Waals surface area contributed by atoms with Gasteiger partial charge in [0.25, 0.3) is 0 Å². The smallest absolute Gasteiger partial charge is 0.113 e. The molecule has 0 aliphatic rings. The van der Waals surface area contributed by atoms with Crippen LogP contribution >= 0.6 is 0 Å². The van der Waals surface area contributed by atoms with E-state index in [1.807, 2.05) is 0 Å². The highest BCUT2D eigenvalue weighted by Gasteiger charge is 2.34. The Bertz CT molecular complexity index is 362. The van der Waals surface area contributed by atoms with Gasteiger partial charge in [0.15, 0.2) is 0 Å². The third-order valence-corrected chi connectivity index (χ3v) is 2.80. The molecule has 19 heavy (non-hydrogen) atoms. The normalized spacial score (nSPS) is 19.5. The summed E-state index contributed by atoms with van der Waals surface area (Å²) in [6, 6.07) is 2.94. The third kappa shape index (κ3) is 4.20. The van der Waals surface area contributed by atoms with Crippen LogP contribution < -0.4 is 0 Å². The first-order valence-corrected chi connectivity index (χ1v) is 5.78. The van der Waals surface area contributed by atoms with Crippen LogP contribution in [0.25, 0.3) is 0 Å². The van der Waals surface area contributed by atoms with Gasteiger partial charge in [-0.3, -0.25) is 4.98 Å². The van der Waals surface area contributed by atoms with Crippen molar-refractivity contribution < 1.29 is 30.3 Å². The van der Waals surface area contributed by atoms with Crippen LogP contribution in [0.5, 0.6) is 0 Å². The van der Waals surface area contributed by atoms with Crippen LogP contribution in [-0.2, 0) is 4.74 Å². The molecule has 108 valence electrons. The van der Waals surface area contributed by atoms with E-state index in [4.69, 9.17) is 0 Å². The number of ether oxygens (including phenoxy) is 1. The minimum Gasteiger partial charge on any atom is -0.388 e. The average molecular weight is 273 g/mol. The molecule has 5 unspecified atom stereocenters. The summed E-state index contributed by atoms with van der Waals surface area (Å²) in [6.45, 7) is -0.198. The standard InChI is InChI=1S/C12H19NO6/c1-19-6-8(14)10(16)12(18)11(17)9(15)7-2-4-13-5-3-7/h2-5,8-12,14-18H,6H2,1H3. The molecule has 1 heterocycles. The van der Waals surface area contributed by atoms with Crippen molar-refractivity contribution in [1.82, 2.24) is 4.98 Å². The Labute approximate surface area is 110 Å². The number of hydrogen-bond acceptors (Lipinski definition) is 7. The van der Waals surface area contributed by atoms with Gasteiger partial charge in [0.05, 0.1) is 6.61 Å². The summed E-state index contributed by atoms with van der Waals surface area (Å²) in [6.07, 6.45) is -4.91. The van der Waals surface area contributed by atoms with Crippen LogP contribution in [0.15, 0.2) is 24.5 Å². The zero-order valence-corrected chi connectivity index (χ0v) is 10.5. The molecule has 0 aliphatic carbocycles. The predicted octanol–water partition coefficient (Wildman–Crippen LogP) is -1.79. The van der Waals surface area contributed by atoms with Crippen molar-refractivity contribution in [1.29, 1.82) is 0 Å². The predicted molar refractivity (Wildman–Crippen MR) is 65.1 cm³/mol. The summed E-state index contributed by atoms with van der Waals surface area (Å²) in [5.41, 5.74) is 0.343. The van der Waals surface area contributed by atoms with Crippen molar-refractivity contribution in [3.8, 4) is 0 Å². The monoisotopic (exact) mass is 273 g/mol. The van der Waals surface area contributed by atoms with Crippen molar-refractivity contribution in [2.75, 3.05) is 13.7 Å². The van der Waals surface area contributed by atoms with Gasteiger partial charge in [-0.2, -0.15) is 0 Å². The van der Waals surface area contributed by atoms with E-state index in [1.165, 1.54) is 31.6 Å². The molecule has 0 saturated heterocycles. The largest absolute Gasteiger partial charge is 0.388 e. The highest BCUT2D eigenvalue weighted by atomic mass is 16.5. The lowest BCUT2D eigenvalue weighted by molar-refractivity contribution is -0.143. The zero-order chi connectivity index (χ0) is 14.4. The summed E-state index contributed by atoms with van der Waals surface area (Å²) >= 11 is 0. The van der Waals surface area contributed by atoms with Crippen molar-refractivity contribution in [2.24, 2.45) is 0 Å². The Hall–Kier alpha value is -1.09. The van der Waals surface area contributed by atoms with Crippen molar-refractivity contribution >= 4 is 0 Å². The fourth-order valence-corrected chi connectivity index (χ4v) is 1.64. The minimum atomic E-state index is -1.71. The van der Waals surface area contributed by atoms with Gasteiger partial charge in [0.2, 0.25) is 0 Å². The first kappa shape index (κ1) is 16.0. The van der Waals surface area contributed by atoms with E-state index in [9.17, 15) is 25.5 Å². The van der Waals surface area contributed by atoms with E-state index in [2.05, 4.69) is 9.72 Å². The van der Waals surface area contributed by atoms with Gasteiger partial charge in [0.1, 0.15) is 30.5 Å². The maximum absolute atomic E-state index is 9.86. The number of methoxy groups -OCH3 is 1. The number of aliphatic hydroxyl groups excluding tert-OH is 5. The van der Waals surface area contributed by atoms with Gasteiger partial charge < -0.3 is 30.3 Å². The van der Waals surface area contributed by atoms with E-state index in [1.54, 1.807) is 0 Å². The Kier molecular flexibility index (Phi) is 6.29. The summed E-state index contributed by atoms with van der Waals surface area (Å²) in [4.78, 5) is 3.76. The summed E-state index contributed by atoms with van der Waals surface area (Å²) in [7, 11) is 1.32. The second-order valence-electron chi connectivity index (χ2n) is 4.22. The van der Waals surface area contributed by atoms with Crippen LogP contribution in [0.4, 0.5) is 0 Å². The SMILES string of the molecule is COCC(O)C(O)C(O)C(O)C(O)c1ccncc1. The van der Waals surface area contributed by atoms with Gasteiger partial charge >= 0.3 is 0 Å². The molecule has 7 nitrogen and oxygen atoms in total. The molecule has 0 aliphatic heterocycles. The Morgan fingerprint density at radius 2 is 1.58 bits per heavy atom. The molecule has 7 heteroatoms. The molecule has 0 fully saturated rings. The molecule has 0 bridgehead atoms. The Morgan fingerprint density at radius 1 is 1.00 bits per heavy atom. The van der Waals surface area contributed by atoms with E-state index in [-0.39, 0.29) is 6.61 Å². The molecule has 1 rings (SSSR count). The first-order chi connectivity index (χ1) is 8.99. The molecular weight excluding hydrogens is 254 g/mol. The lowest BCUT2D eigenvalue weighted by atomic mass is 9.96. The molecule has 5 atom stereocenters. The Balaban J connectivity index is 2.68. The van der Waals surface area contributed by atoms with E-state index in [0.29, 0.717) is 5.56 Å². The van der Waals surface area contributed by atoms with Crippen molar-refractivity contribution in [2.45, 2.75) is 30.5 Å². The van der Waals surface area contributed by atoms with Gasteiger partial charge in [-0.1, -0.05) is 0 Å². The molecule has 1 aromatic rings. The number of hydrogen-bond donors (Lipinski definition) is 5. The number of aliphatic hydroxyl groups is 5. The van der Waals surface area contributed by atoms with E-state index < -0.39 is 30.5 Å². The number of pyridine rings is 1. The van der Waals surface area contributed by atoms with Crippen molar-refractivity contribution in [3.05, 3.63) is 30.1 Å². The maximum Gasteiger partial charge on any atom is 0.113 e. The van der Waals surface area contributed by atoms with Crippen LogP contribution in [0.3, 0.4) is 0 Å². The lowest BCUT2D eigenvalue weighted by Crippen LogP contribution is -2.48. The molecule has 1 aromatic heterocycles. The molecule has 0 aromatic carbocycles. The van der Waals surface area contributed by atoms with Gasteiger partial charge in [-0.05, 0) is 17.7 Å². The number of aromatic nitrogens is 1. The first-order valence-electron chi connectivity index (χ1n) is 5.78. The summed E-state index contributed by atoms with van der Waals surface area (Å²) in [5.74, 6) is 0. The highest BCUT2D eigenvalue weighted by molar-refractivity contribution is 5.15. The topological polar surface area (TPSA) is 123 Å². The van der Waals surface area contributed by atoms with E-state index >= 15 is 0 Å². The lowest BCUT2D eigenvalue weighted by Gasteiger charge is -2.29. The van der Waals surface area contributed by atoms with Crippen LogP contribution in [-0.4, -0.2) is 68.6 Å². The maximum atomic E-state index is 9.86. The minimum absolute atomic E-state index is 0.198. The van der Waals surface area contributed by atoms with Crippen LogP contribution in [0.2, 0.25) is 0 Å². The fourth-order valence-electron chi connectivity index (χ4n) is 1.64. The molecular formula is C12H19NO6. The molecule has 0 spiro atoms. The van der Waals surface area contributed by atoms with Gasteiger partial charge in [-0.15, -0.1) is 0 Å². The second kappa shape index (κ2) is 7.49. The number of rotatable bonds is 7. The summed E-state index contributed by atoms with van der Waals surface area (Å²) in [5, 5.41) is 48.4.